The van der Waals surface area contributed by atoms with Crippen LogP contribution < -0.4 is 5.32 Å². The lowest BCUT2D eigenvalue weighted by molar-refractivity contribution is 0.557. The van der Waals surface area contributed by atoms with Crippen LogP contribution in [0.4, 0.5) is 0 Å². The summed E-state index contributed by atoms with van der Waals surface area (Å²) in [6.45, 7) is 11.9. The van der Waals surface area contributed by atoms with Crippen LogP contribution in [0.25, 0.3) is 5.57 Å². The van der Waals surface area contributed by atoms with Gasteiger partial charge < -0.3 is 9.88 Å². The van der Waals surface area contributed by atoms with Crippen molar-refractivity contribution in [2.45, 2.75) is 40.7 Å². The number of allylic oxidation sites excluding steroid dienone is 1. The molecule has 0 fully saturated rings. The van der Waals surface area contributed by atoms with Crippen molar-refractivity contribution in [1.29, 1.82) is 0 Å². The number of nitrogens with zero attached hydrogens (tertiary/aromatic N) is 2. The molecule has 1 heterocycles. The third-order valence-electron chi connectivity index (χ3n) is 2.73. The molecule has 0 radical (unpaired) electrons. The molecular weight excluding hydrogens is 210 g/mol. The molecule has 1 N–H and O–H groups in total. The summed E-state index contributed by atoms with van der Waals surface area (Å²) in [4.78, 5) is 4.39. The van der Waals surface area contributed by atoms with Gasteiger partial charge in [0.05, 0.1) is 0 Å². The lowest BCUT2D eigenvalue weighted by Gasteiger charge is -2.07. The molecule has 0 saturated heterocycles. The molecule has 96 valence electrons. The van der Waals surface area contributed by atoms with Gasteiger partial charge in [-0.1, -0.05) is 19.9 Å². The predicted molar refractivity (Wildman–Crippen MR) is 73.9 cm³/mol. The highest BCUT2D eigenvalue weighted by atomic mass is 15.1. The lowest BCUT2D eigenvalue weighted by Crippen LogP contribution is -2.20. The molecule has 0 aliphatic carbocycles. The van der Waals surface area contributed by atoms with Gasteiger partial charge >= 0.3 is 0 Å². The molecule has 1 rings (SSSR count). The summed E-state index contributed by atoms with van der Waals surface area (Å²) in [7, 11) is 0. The Kier molecular flexibility index (Phi) is 5.98. The number of aryl methyl sites for hydroxylation is 1. The van der Waals surface area contributed by atoms with Gasteiger partial charge in [-0.3, -0.25) is 0 Å². The minimum Gasteiger partial charge on any atom is -0.332 e. The topological polar surface area (TPSA) is 29.9 Å². The van der Waals surface area contributed by atoms with Crippen LogP contribution in [0.2, 0.25) is 0 Å². The summed E-state index contributed by atoms with van der Waals surface area (Å²) in [5.41, 5.74) is 1.27. The van der Waals surface area contributed by atoms with E-state index in [0.717, 1.165) is 37.8 Å². The Morgan fingerprint density at radius 3 is 2.94 bits per heavy atom. The molecular formula is C14H25N3. The molecule has 0 aromatic carbocycles. The van der Waals surface area contributed by atoms with E-state index in [1.165, 1.54) is 5.57 Å². The average molecular weight is 235 g/mol. The number of imidazole rings is 1. The van der Waals surface area contributed by atoms with E-state index in [-0.39, 0.29) is 0 Å². The largest absolute Gasteiger partial charge is 0.332 e. The van der Waals surface area contributed by atoms with E-state index < -0.39 is 0 Å². The standard InChI is InChI=1S/C14H25N3/c1-5-17-10-9-16-14(17)13(4)7-6-8-15-11-12(2)3/h7,9-10,12,15H,5-6,8,11H2,1-4H3. The van der Waals surface area contributed by atoms with E-state index >= 15 is 0 Å². The molecule has 0 bridgehead atoms. The summed E-state index contributed by atoms with van der Waals surface area (Å²) < 4.78 is 2.17. The Morgan fingerprint density at radius 2 is 2.29 bits per heavy atom. The minimum atomic E-state index is 0.721. The molecule has 1 aromatic heterocycles. The van der Waals surface area contributed by atoms with Gasteiger partial charge in [0.25, 0.3) is 0 Å². The van der Waals surface area contributed by atoms with E-state index in [2.05, 4.69) is 48.6 Å². The maximum Gasteiger partial charge on any atom is 0.135 e. The van der Waals surface area contributed by atoms with Gasteiger partial charge in [0.15, 0.2) is 0 Å². The fourth-order valence-corrected chi connectivity index (χ4v) is 1.79. The SMILES string of the molecule is CCn1ccnc1C(C)=CCCNCC(C)C. The molecule has 0 saturated carbocycles. The van der Waals surface area contributed by atoms with E-state index in [4.69, 9.17) is 0 Å². The van der Waals surface area contributed by atoms with E-state index in [0.29, 0.717) is 0 Å². The molecule has 0 aliphatic heterocycles. The van der Waals surface area contributed by atoms with Crippen LogP contribution in [0.1, 0.15) is 39.9 Å². The van der Waals surface area contributed by atoms with Crippen molar-refractivity contribution in [1.82, 2.24) is 14.9 Å². The highest BCUT2D eigenvalue weighted by Crippen LogP contribution is 2.11. The lowest BCUT2D eigenvalue weighted by atomic mass is 10.2. The summed E-state index contributed by atoms with van der Waals surface area (Å²) in [5.74, 6) is 1.82. The second-order valence-corrected chi connectivity index (χ2v) is 4.81. The van der Waals surface area contributed by atoms with Crippen molar-refractivity contribution < 1.29 is 0 Å². The van der Waals surface area contributed by atoms with Gasteiger partial charge in [-0.2, -0.15) is 0 Å². The first-order valence-electron chi connectivity index (χ1n) is 6.54. The Hall–Kier alpha value is -1.09. The second-order valence-electron chi connectivity index (χ2n) is 4.81. The molecule has 17 heavy (non-hydrogen) atoms. The maximum atomic E-state index is 4.39. The van der Waals surface area contributed by atoms with Crippen molar-refractivity contribution in [3.05, 3.63) is 24.3 Å². The first-order valence-corrected chi connectivity index (χ1v) is 6.54. The smallest absolute Gasteiger partial charge is 0.135 e. The first kappa shape index (κ1) is 14.0. The zero-order chi connectivity index (χ0) is 12.7. The summed E-state index contributed by atoms with van der Waals surface area (Å²) >= 11 is 0. The Bertz CT molecular complexity index is 350. The molecule has 0 atom stereocenters. The predicted octanol–water partition coefficient (Wildman–Crippen LogP) is 2.94. The quantitative estimate of drug-likeness (QED) is 0.736. The zero-order valence-corrected chi connectivity index (χ0v) is 11.5. The van der Waals surface area contributed by atoms with E-state index in [1.807, 2.05) is 12.4 Å². The van der Waals surface area contributed by atoms with E-state index in [9.17, 15) is 0 Å². The number of hydrogen-bond donors (Lipinski definition) is 1. The second kappa shape index (κ2) is 7.28. The third-order valence-corrected chi connectivity index (χ3v) is 2.73. The van der Waals surface area contributed by atoms with Gasteiger partial charge in [0, 0.05) is 18.9 Å². The minimum absolute atomic E-state index is 0.721. The third kappa shape index (κ3) is 4.73. The Morgan fingerprint density at radius 1 is 1.53 bits per heavy atom. The van der Waals surface area contributed by atoms with Crippen molar-refractivity contribution in [2.24, 2.45) is 5.92 Å². The van der Waals surface area contributed by atoms with Gasteiger partial charge in [-0.05, 0) is 44.8 Å². The first-order chi connectivity index (χ1) is 8.15. The Labute approximate surface area is 105 Å². The summed E-state index contributed by atoms with van der Waals surface area (Å²) in [6, 6.07) is 0. The number of hydrogen-bond acceptors (Lipinski definition) is 2. The molecule has 3 heteroatoms. The molecule has 0 unspecified atom stereocenters. The van der Waals surface area contributed by atoms with Crippen LogP contribution >= 0.6 is 0 Å². The molecule has 0 amide bonds. The summed E-state index contributed by atoms with van der Waals surface area (Å²) in [6.07, 6.45) is 7.23. The van der Waals surface area contributed by atoms with Crippen LogP contribution in [0.15, 0.2) is 18.5 Å². The van der Waals surface area contributed by atoms with Crippen LogP contribution in [-0.2, 0) is 6.54 Å². The monoisotopic (exact) mass is 235 g/mol. The van der Waals surface area contributed by atoms with Crippen molar-refractivity contribution in [3.8, 4) is 0 Å². The van der Waals surface area contributed by atoms with Crippen molar-refractivity contribution in [2.75, 3.05) is 13.1 Å². The van der Waals surface area contributed by atoms with Gasteiger partial charge in [-0.15, -0.1) is 0 Å². The van der Waals surface area contributed by atoms with Gasteiger partial charge in [0.1, 0.15) is 5.82 Å². The Balaban J connectivity index is 2.39. The van der Waals surface area contributed by atoms with Crippen molar-refractivity contribution in [3.63, 3.8) is 0 Å². The fraction of sp³-hybridized carbons (Fsp3) is 0.643. The number of rotatable bonds is 7. The van der Waals surface area contributed by atoms with Crippen LogP contribution in [0.3, 0.4) is 0 Å². The molecule has 0 aliphatic rings. The van der Waals surface area contributed by atoms with Gasteiger partial charge in [0.2, 0.25) is 0 Å². The molecule has 0 spiro atoms. The summed E-state index contributed by atoms with van der Waals surface area (Å²) in [5, 5.41) is 3.44. The zero-order valence-electron chi connectivity index (χ0n) is 11.5. The van der Waals surface area contributed by atoms with E-state index in [1.54, 1.807) is 0 Å². The number of nitrogens with one attached hydrogen (secondary N) is 1. The highest BCUT2D eigenvalue weighted by molar-refractivity contribution is 5.57. The van der Waals surface area contributed by atoms with Crippen LogP contribution in [-0.4, -0.2) is 22.6 Å². The maximum absolute atomic E-state index is 4.39. The fourth-order valence-electron chi connectivity index (χ4n) is 1.79. The highest BCUT2D eigenvalue weighted by Gasteiger charge is 2.02. The van der Waals surface area contributed by atoms with Gasteiger partial charge in [-0.25, -0.2) is 4.98 Å². The number of aromatic nitrogens is 2. The average Bonchev–Trinajstić information content (AvgIpc) is 2.75. The van der Waals surface area contributed by atoms with Crippen LogP contribution in [0.5, 0.6) is 0 Å². The molecule has 1 aromatic rings. The normalized spacial score (nSPS) is 12.4. The molecule has 3 nitrogen and oxygen atoms in total. The van der Waals surface area contributed by atoms with Crippen LogP contribution in [0, 0.1) is 5.92 Å². The van der Waals surface area contributed by atoms with Crippen molar-refractivity contribution >= 4 is 5.57 Å².